The predicted molar refractivity (Wildman–Crippen MR) is 107 cm³/mol. The first-order valence-corrected chi connectivity index (χ1v) is 9.72. The summed E-state index contributed by atoms with van der Waals surface area (Å²) in [5.41, 5.74) is -0.192. The average molecular weight is 451 g/mol. The number of rotatable bonds is 7. The highest BCUT2D eigenvalue weighted by atomic mass is 19.4. The summed E-state index contributed by atoms with van der Waals surface area (Å²) in [5.74, 6) is -1.05. The highest BCUT2D eigenvalue weighted by molar-refractivity contribution is 5.98. The highest BCUT2D eigenvalue weighted by Gasteiger charge is 2.31. The van der Waals surface area contributed by atoms with Crippen LogP contribution in [0.1, 0.15) is 29.9 Å². The van der Waals surface area contributed by atoms with E-state index in [1.807, 2.05) is 0 Å². The molecule has 11 heteroatoms. The van der Waals surface area contributed by atoms with Crippen molar-refractivity contribution in [2.75, 3.05) is 13.2 Å². The molecule has 0 bridgehead atoms. The van der Waals surface area contributed by atoms with E-state index < -0.39 is 29.5 Å². The first-order valence-electron chi connectivity index (χ1n) is 9.72. The largest absolute Gasteiger partial charge is 0.475 e. The van der Waals surface area contributed by atoms with E-state index in [0.717, 1.165) is 18.3 Å². The van der Waals surface area contributed by atoms with Gasteiger partial charge in [-0.2, -0.15) is 18.3 Å². The van der Waals surface area contributed by atoms with Gasteiger partial charge in [0.15, 0.2) is 0 Å². The SMILES string of the molecule is CCN(C(=O)c1ncc(F)cc1-c1ccn(C)n1)[C@@H](C)COc1ccc(C(F)(F)F)cn1. The summed E-state index contributed by atoms with van der Waals surface area (Å²) in [7, 11) is 1.70. The molecular weight excluding hydrogens is 430 g/mol. The zero-order chi connectivity index (χ0) is 23.5. The molecule has 0 N–H and O–H groups in total. The summed E-state index contributed by atoms with van der Waals surface area (Å²) in [5, 5.41) is 4.22. The fraction of sp³-hybridized carbons (Fsp3) is 0.333. The molecule has 170 valence electrons. The molecule has 0 aliphatic carbocycles. The van der Waals surface area contributed by atoms with E-state index in [2.05, 4.69) is 15.1 Å². The fourth-order valence-corrected chi connectivity index (χ4v) is 3.08. The predicted octanol–water partition coefficient (Wildman–Crippen LogP) is 3.96. The maximum absolute atomic E-state index is 13.8. The number of hydrogen-bond acceptors (Lipinski definition) is 5. The van der Waals surface area contributed by atoms with Gasteiger partial charge in [0.2, 0.25) is 5.88 Å². The fourth-order valence-electron chi connectivity index (χ4n) is 3.08. The van der Waals surface area contributed by atoms with Crippen LogP contribution in [0.15, 0.2) is 42.9 Å². The average Bonchev–Trinajstić information content (AvgIpc) is 3.18. The number of carbonyl (C=O) groups is 1. The zero-order valence-corrected chi connectivity index (χ0v) is 17.6. The van der Waals surface area contributed by atoms with Gasteiger partial charge in [0.1, 0.15) is 18.1 Å². The van der Waals surface area contributed by atoms with Crippen molar-refractivity contribution in [1.82, 2.24) is 24.6 Å². The van der Waals surface area contributed by atoms with Crippen LogP contribution in [0.3, 0.4) is 0 Å². The second kappa shape index (κ2) is 9.33. The van der Waals surface area contributed by atoms with Gasteiger partial charge in [-0.1, -0.05) is 0 Å². The minimum Gasteiger partial charge on any atom is -0.475 e. The number of pyridine rings is 2. The normalized spacial score (nSPS) is 12.5. The van der Waals surface area contributed by atoms with Crippen LogP contribution in [0.4, 0.5) is 17.6 Å². The lowest BCUT2D eigenvalue weighted by atomic mass is 10.1. The number of alkyl halides is 3. The number of aryl methyl sites for hydroxylation is 1. The number of likely N-dealkylation sites (N-methyl/N-ethyl adjacent to an activating group) is 1. The van der Waals surface area contributed by atoms with Crippen molar-refractivity contribution in [3.63, 3.8) is 0 Å². The molecule has 3 aromatic heterocycles. The molecule has 3 aromatic rings. The Morgan fingerprint density at radius 3 is 2.53 bits per heavy atom. The summed E-state index contributed by atoms with van der Waals surface area (Å²) in [6, 6.07) is 4.36. The van der Waals surface area contributed by atoms with Crippen molar-refractivity contribution in [3.05, 3.63) is 59.9 Å². The molecule has 0 aliphatic heterocycles. The second-order valence-electron chi connectivity index (χ2n) is 7.06. The van der Waals surface area contributed by atoms with Crippen LogP contribution in [0.5, 0.6) is 5.88 Å². The topological polar surface area (TPSA) is 73.1 Å². The molecule has 0 saturated carbocycles. The van der Waals surface area contributed by atoms with Gasteiger partial charge in [-0.15, -0.1) is 0 Å². The number of hydrogen-bond donors (Lipinski definition) is 0. The maximum Gasteiger partial charge on any atom is 0.417 e. The van der Waals surface area contributed by atoms with Crippen molar-refractivity contribution in [2.45, 2.75) is 26.1 Å². The summed E-state index contributed by atoms with van der Waals surface area (Å²) in [4.78, 5) is 22.3. The molecule has 3 rings (SSSR count). The number of carbonyl (C=O) groups excluding carboxylic acids is 1. The molecule has 0 aliphatic rings. The van der Waals surface area contributed by atoms with E-state index in [1.54, 1.807) is 33.2 Å². The summed E-state index contributed by atoms with van der Waals surface area (Å²) < 4.78 is 58.8. The van der Waals surface area contributed by atoms with Gasteiger partial charge < -0.3 is 9.64 Å². The monoisotopic (exact) mass is 451 g/mol. The van der Waals surface area contributed by atoms with Crippen LogP contribution >= 0.6 is 0 Å². The Morgan fingerprint density at radius 1 is 1.22 bits per heavy atom. The van der Waals surface area contributed by atoms with Crippen molar-refractivity contribution < 1.29 is 27.1 Å². The smallest absolute Gasteiger partial charge is 0.417 e. The molecule has 32 heavy (non-hydrogen) atoms. The second-order valence-corrected chi connectivity index (χ2v) is 7.06. The van der Waals surface area contributed by atoms with Crippen molar-refractivity contribution in [1.29, 1.82) is 0 Å². The van der Waals surface area contributed by atoms with Crippen molar-refractivity contribution in [3.8, 4) is 17.1 Å². The Morgan fingerprint density at radius 2 is 1.97 bits per heavy atom. The van der Waals surface area contributed by atoms with Crippen molar-refractivity contribution >= 4 is 5.91 Å². The van der Waals surface area contributed by atoms with E-state index in [1.165, 1.54) is 15.6 Å². The Balaban J connectivity index is 1.76. The first kappa shape index (κ1) is 23.2. The standard InChI is InChI=1S/C21H21F4N5O2/c1-4-30(13(2)12-32-18-6-5-14(10-26-18)21(23,24)25)20(31)19-16(9-15(22)11-27-19)17-7-8-29(3)28-17/h5-11,13H,4,12H2,1-3H3/t13-/m0/s1. The first-order chi connectivity index (χ1) is 15.1. The number of nitrogens with zero attached hydrogens (tertiary/aromatic N) is 5. The third-order valence-electron chi connectivity index (χ3n) is 4.72. The van der Waals surface area contributed by atoms with Crippen LogP contribution in [-0.4, -0.2) is 49.7 Å². The van der Waals surface area contributed by atoms with Gasteiger partial charge in [-0.25, -0.2) is 14.4 Å². The van der Waals surface area contributed by atoms with Crippen LogP contribution in [0, 0.1) is 5.82 Å². The van der Waals surface area contributed by atoms with E-state index in [9.17, 15) is 22.4 Å². The molecule has 0 saturated heterocycles. The third kappa shape index (κ3) is 5.21. The lowest BCUT2D eigenvalue weighted by Crippen LogP contribution is -2.42. The van der Waals surface area contributed by atoms with Crippen LogP contribution in [0.25, 0.3) is 11.3 Å². The summed E-state index contributed by atoms with van der Waals surface area (Å²) >= 11 is 0. The zero-order valence-electron chi connectivity index (χ0n) is 17.6. The molecule has 7 nitrogen and oxygen atoms in total. The minimum atomic E-state index is -4.49. The van der Waals surface area contributed by atoms with E-state index >= 15 is 0 Å². The Bertz CT molecular complexity index is 1080. The molecular formula is C21H21F4N5O2. The number of amides is 1. The lowest BCUT2D eigenvalue weighted by molar-refractivity contribution is -0.137. The molecule has 1 amide bonds. The molecule has 0 radical (unpaired) electrons. The van der Waals surface area contributed by atoms with Crippen molar-refractivity contribution in [2.24, 2.45) is 7.05 Å². The van der Waals surface area contributed by atoms with Gasteiger partial charge in [0, 0.05) is 37.6 Å². The van der Waals surface area contributed by atoms with E-state index in [4.69, 9.17) is 4.74 Å². The van der Waals surface area contributed by atoms with Gasteiger partial charge >= 0.3 is 6.18 Å². The molecule has 0 fully saturated rings. The number of halogens is 4. The Hall–Kier alpha value is -3.50. The maximum atomic E-state index is 13.8. The van der Waals surface area contributed by atoms with Gasteiger partial charge in [0.05, 0.1) is 23.5 Å². The van der Waals surface area contributed by atoms with Crippen LogP contribution in [0.2, 0.25) is 0 Å². The Labute approximate surface area is 181 Å². The van der Waals surface area contributed by atoms with Crippen LogP contribution < -0.4 is 4.74 Å². The van der Waals surface area contributed by atoms with E-state index in [0.29, 0.717) is 18.4 Å². The van der Waals surface area contributed by atoms with Crippen LogP contribution in [-0.2, 0) is 13.2 Å². The molecule has 0 aromatic carbocycles. The van der Waals surface area contributed by atoms with Gasteiger partial charge in [-0.05, 0) is 32.0 Å². The van der Waals surface area contributed by atoms with Gasteiger partial charge in [-0.3, -0.25) is 9.48 Å². The molecule has 0 spiro atoms. The summed E-state index contributed by atoms with van der Waals surface area (Å²) in [6.45, 7) is 3.76. The molecule has 0 unspecified atom stereocenters. The minimum absolute atomic E-state index is 0.00225. The number of aromatic nitrogens is 4. The lowest BCUT2D eigenvalue weighted by Gasteiger charge is -2.28. The molecule has 1 atom stereocenters. The summed E-state index contributed by atoms with van der Waals surface area (Å²) in [6.07, 6.45) is -1.18. The highest BCUT2D eigenvalue weighted by Crippen LogP contribution is 2.29. The van der Waals surface area contributed by atoms with E-state index in [-0.39, 0.29) is 23.7 Å². The quantitative estimate of drug-likeness (QED) is 0.509. The number of ether oxygens (including phenoxy) is 1. The third-order valence-corrected chi connectivity index (χ3v) is 4.72. The Kier molecular flexibility index (Phi) is 6.75. The molecule has 3 heterocycles. The van der Waals surface area contributed by atoms with Gasteiger partial charge in [0.25, 0.3) is 5.91 Å².